The third-order valence-electron chi connectivity index (χ3n) is 5.10. The number of thiophene rings is 1. The fourth-order valence-electron chi connectivity index (χ4n) is 3.32. The lowest BCUT2D eigenvalue weighted by Crippen LogP contribution is -2.19. The molecule has 156 valence electrons. The highest BCUT2D eigenvalue weighted by Gasteiger charge is 2.16. The van der Waals surface area contributed by atoms with E-state index in [1.54, 1.807) is 37.4 Å². The lowest BCUT2D eigenvalue weighted by atomic mass is 9.97. The van der Waals surface area contributed by atoms with Crippen LogP contribution in [0.4, 0.5) is 11.4 Å². The number of carbonyl (C=O) groups is 2. The van der Waals surface area contributed by atoms with Gasteiger partial charge in [0.25, 0.3) is 5.91 Å². The van der Waals surface area contributed by atoms with Gasteiger partial charge in [-0.3, -0.25) is 9.59 Å². The number of rotatable bonds is 6. The number of fused-ring (bicyclic) bond motifs is 1. The lowest BCUT2D eigenvalue weighted by molar-refractivity contribution is -0.117. The van der Waals surface area contributed by atoms with Gasteiger partial charge in [0.05, 0.1) is 17.9 Å². The molecule has 0 radical (unpaired) electrons. The number of hydrogen-bond acceptors (Lipinski definition) is 4. The second-order valence-corrected chi connectivity index (χ2v) is 8.14. The van der Waals surface area contributed by atoms with Crippen molar-refractivity contribution in [2.75, 3.05) is 17.7 Å². The summed E-state index contributed by atoms with van der Waals surface area (Å²) in [6.45, 7) is 1.88. The van der Waals surface area contributed by atoms with Gasteiger partial charge in [0.2, 0.25) is 5.91 Å². The van der Waals surface area contributed by atoms with E-state index in [1.165, 1.54) is 11.3 Å². The van der Waals surface area contributed by atoms with Crippen LogP contribution in [-0.4, -0.2) is 18.9 Å². The van der Waals surface area contributed by atoms with Crippen molar-refractivity contribution in [2.24, 2.45) is 0 Å². The van der Waals surface area contributed by atoms with E-state index in [1.807, 2.05) is 54.8 Å². The zero-order chi connectivity index (χ0) is 21.8. The van der Waals surface area contributed by atoms with Gasteiger partial charge in [0, 0.05) is 11.4 Å². The van der Waals surface area contributed by atoms with Crippen LogP contribution in [0.1, 0.15) is 28.1 Å². The van der Waals surface area contributed by atoms with Crippen LogP contribution in [0.25, 0.3) is 10.8 Å². The molecule has 1 heterocycles. The number of benzene rings is 3. The van der Waals surface area contributed by atoms with Crippen molar-refractivity contribution in [3.05, 3.63) is 88.6 Å². The summed E-state index contributed by atoms with van der Waals surface area (Å²) in [6, 6.07) is 22.6. The van der Waals surface area contributed by atoms with Gasteiger partial charge in [-0.2, -0.15) is 0 Å². The molecule has 4 rings (SSSR count). The molecule has 4 aromatic rings. The van der Waals surface area contributed by atoms with Crippen molar-refractivity contribution in [3.8, 4) is 5.75 Å². The zero-order valence-electron chi connectivity index (χ0n) is 17.2. The molecule has 0 fully saturated rings. The molecule has 0 saturated heterocycles. The van der Waals surface area contributed by atoms with Gasteiger partial charge < -0.3 is 15.4 Å². The Morgan fingerprint density at radius 3 is 2.35 bits per heavy atom. The molecule has 0 aliphatic heterocycles. The van der Waals surface area contributed by atoms with Crippen LogP contribution in [-0.2, 0) is 4.79 Å². The summed E-state index contributed by atoms with van der Waals surface area (Å²) >= 11 is 1.38. The quantitative estimate of drug-likeness (QED) is 0.400. The van der Waals surface area contributed by atoms with Crippen LogP contribution in [0.5, 0.6) is 5.75 Å². The first-order chi connectivity index (χ1) is 15.0. The summed E-state index contributed by atoms with van der Waals surface area (Å²) in [5.74, 6) is 0.183. The highest BCUT2D eigenvalue weighted by Crippen LogP contribution is 2.26. The maximum absolute atomic E-state index is 12.9. The summed E-state index contributed by atoms with van der Waals surface area (Å²) in [5, 5.41) is 9.78. The fraction of sp³-hybridized carbons (Fsp3) is 0.120. The number of carbonyl (C=O) groups excluding carboxylic acids is 2. The molecular formula is C25H22N2O3S. The highest BCUT2D eigenvalue weighted by atomic mass is 32.1. The standard InChI is InChI=1S/C25H22N2O3S/c1-16(17-8-9-19-14-22(30-2)11-10-18(19)13-17)24(28)26-20-5-3-6-21(15-20)27-25(29)23-7-4-12-31-23/h3-16H,1-2H3,(H,26,28)(H,27,29)/t16-/m0/s1. The van der Waals surface area contributed by atoms with Crippen molar-refractivity contribution in [1.82, 2.24) is 0 Å². The second-order valence-electron chi connectivity index (χ2n) is 7.20. The lowest BCUT2D eigenvalue weighted by Gasteiger charge is -2.14. The Morgan fingerprint density at radius 2 is 1.61 bits per heavy atom. The van der Waals surface area contributed by atoms with Gasteiger partial charge >= 0.3 is 0 Å². The van der Waals surface area contributed by atoms with Crippen molar-refractivity contribution in [1.29, 1.82) is 0 Å². The van der Waals surface area contributed by atoms with Gasteiger partial charge in [-0.15, -0.1) is 11.3 Å². The number of methoxy groups -OCH3 is 1. The predicted molar refractivity (Wildman–Crippen MR) is 126 cm³/mol. The van der Waals surface area contributed by atoms with Crippen molar-refractivity contribution in [3.63, 3.8) is 0 Å². The van der Waals surface area contributed by atoms with E-state index in [-0.39, 0.29) is 17.7 Å². The summed E-state index contributed by atoms with van der Waals surface area (Å²) in [4.78, 5) is 25.7. The first-order valence-electron chi connectivity index (χ1n) is 9.87. The first kappa shape index (κ1) is 20.6. The van der Waals surface area contributed by atoms with Crippen LogP contribution in [0.15, 0.2) is 78.2 Å². The molecule has 1 aromatic heterocycles. The Labute approximate surface area is 184 Å². The average Bonchev–Trinajstić information content (AvgIpc) is 3.33. The topological polar surface area (TPSA) is 67.4 Å². The van der Waals surface area contributed by atoms with Crippen molar-refractivity contribution in [2.45, 2.75) is 12.8 Å². The van der Waals surface area contributed by atoms with Crippen LogP contribution >= 0.6 is 11.3 Å². The third-order valence-corrected chi connectivity index (χ3v) is 5.97. The van der Waals surface area contributed by atoms with Crippen LogP contribution in [0, 0.1) is 0 Å². The number of hydrogen-bond donors (Lipinski definition) is 2. The molecule has 2 N–H and O–H groups in total. The summed E-state index contributed by atoms with van der Waals surface area (Å²) in [6.07, 6.45) is 0. The molecule has 31 heavy (non-hydrogen) atoms. The van der Waals surface area contributed by atoms with Gasteiger partial charge in [-0.1, -0.05) is 36.4 Å². The molecule has 0 saturated carbocycles. The molecule has 1 atom stereocenters. The van der Waals surface area contributed by atoms with E-state index in [0.717, 1.165) is 22.1 Å². The zero-order valence-corrected chi connectivity index (χ0v) is 18.0. The third kappa shape index (κ3) is 4.75. The number of ether oxygens (including phenoxy) is 1. The predicted octanol–water partition coefficient (Wildman–Crippen LogP) is 5.90. The largest absolute Gasteiger partial charge is 0.497 e. The number of amides is 2. The second kappa shape index (κ2) is 9.02. The molecule has 2 amide bonds. The Balaban J connectivity index is 1.46. The Morgan fingerprint density at radius 1 is 0.871 bits per heavy atom. The molecule has 6 heteroatoms. The molecule has 3 aromatic carbocycles. The summed E-state index contributed by atoms with van der Waals surface area (Å²) < 4.78 is 5.27. The number of nitrogens with one attached hydrogen (secondary N) is 2. The summed E-state index contributed by atoms with van der Waals surface area (Å²) in [5.41, 5.74) is 2.19. The molecular weight excluding hydrogens is 408 g/mol. The minimum absolute atomic E-state index is 0.116. The Bertz CT molecular complexity index is 1230. The molecule has 0 aliphatic carbocycles. The minimum Gasteiger partial charge on any atom is -0.497 e. The average molecular weight is 431 g/mol. The minimum atomic E-state index is -0.337. The Kier molecular flexibility index (Phi) is 6.00. The van der Waals surface area contributed by atoms with Gasteiger partial charge in [-0.25, -0.2) is 0 Å². The van der Waals surface area contributed by atoms with Crippen LogP contribution in [0.3, 0.4) is 0 Å². The monoisotopic (exact) mass is 430 g/mol. The van der Waals surface area contributed by atoms with Crippen LogP contribution in [0.2, 0.25) is 0 Å². The molecule has 5 nitrogen and oxygen atoms in total. The van der Waals surface area contributed by atoms with E-state index >= 15 is 0 Å². The van der Waals surface area contributed by atoms with Crippen LogP contribution < -0.4 is 15.4 Å². The van der Waals surface area contributed by atoms with E-state index in [0.29, 0.717) is 16.3 Å². The molecule has 0 aliphatic rings. The summed E-state index contributed by atoms with van der Waals surface area (Å²) in [7, 11) is 1.64. The maximum atomic E-state index is 12.9. The molecule has 0 bridgehead atoms. The van der Waals surface area contributed by atoms with E-state index in [9.17, 15) is 9.59 Å². The van der Waals surface area contributed by atoms with E-state index in [4.69, 9.17) is 4.74 Å². The fourth-order valence-corrected chi connectivity index (χ4v) is 3.93. The van der Waals surface area contributed by atoms with Crippen molar-refractivity contribution >= 4 is 45.3 Å². The number of anilines is 2. The smallest absolute Gasteiger partial charge is 0.265 e. The molecule has 0 unspecified atom stereocenters. The van der Waals surface area contributed by atoms with E-state index in [2.05, 4.69) is 10.6 Å². The highest BCUT2D eigenvalue weighted by molar-refractivity contribution is 7.12. The first-order valence-corrected chi connectivity index (χ1v) is 10.7. The molecule has 0 spiro atoms. The maximum Gasteiger partial charge on any atom is 0.265 e. The van der Waals surface area contributed by atoms with Crippen molar-refractivity contribution < 1.29 is 14.3 Å². The Hall–Kier alpha value is -3.64. The normalized spacial score (nSPS) is 11.7. The van der Waals surface area contributed by atoms with Gasteiger partial charge in [-0.05, 0) is 65.0 Å². The van der Waals surface area contributed by atoms with Gasteiger partial charge in [0.1, 0.15) is 5.75 Å². The SMILES string of the molecule is COc1ccc2cc([C@H](C)C(=O)Nc3cccc(NC(=O)c4cccs4)c3)ccc2c1. The van der Waals surface area contributed by atoms with Gasteiger partial charge in [0.15, 0.2) is 0 Å². The van der Waals surface area contributed by atoms with E-state index < -0.39 is 0 Å².